The van der Waals surface area contributed by atoms with Gasteiger partial charge < -0.3 is 10.6 Å². The second-order valence-corrected chi connectivity index (χ2v) is 4.08. The van der Waals surface area contributed by atoms with E-state index in [2.05, 4.69) is 20.6 Å². The molecule has 20 heavy (non-hydrogen) atoms. The molecule has 1 rings (SSSR count). The predicted octanol–water partition coefficient (Wildman–Crippen LogP) is 2.57. The molecule has 0 aliphatic carbocycles. The second-order valence-electron chi connectivity index (χ2n) is 4.08. The molecule has 0 radical (unpaired) electrons. The van der Waals surface area contributed by atoms with Gasteiger partial charge in [-0.25, -0.2) is 4.98 Å². The van der Waals surface area contributed by atoms with Gasteiger partial charge in [0, 0.05) is 12.6 Å². The maximum absolute atomic E-state index is 12.2. The van der Waals surface area contributed by atoms with Gasteiger partial charge in [-0.2, -0.15) is 18.2 Å². The van der Waals surface area contributed by atoms with Crippen molar-refractivity contribution in [3.8, 4) is 0 Å². The van der Waals surface area contributed by atoms with Crippen LogP contribution in [0.25, 0.3) is 0 Å². The normalized spacial score (nSPS) is 12.8. The summed E-state index contributed by atoms with van der Waals surface area (Å²) in [6.07, 6.45) is -4.53. The van der Waals surface area contributed by atoms with Gasteiger partial charge in [-0.15, -0.1) is 0 Å². The molecule has 0 bridgehead atoms. The fourth-order valence-corrected chi connectivity index (χ4v) is 1.49. The molecule has 1 aromatic rings. The van der Waals surface area contributed by atoms with E-state index in [0.717, 1.165) is 6.20 Å². The Morgan fingerprint density at radius 3 is 2.65 bits per heavy atom. The second kappa shape index (κ2) is 6.35. The van der Waals surface area contributed by atoms with E-state index in [-0.39, 0.29) is 11.8 Å². The third-order valence-corrected chi connectivity index (χ3v) is 2.22. The Bertz CT molecular complexity index is 480. The lowest BCUT2D eigenvalue weighted by molar-refractivity contribution is -0.384. The molecule has 2 N–H and O–H groups in total. The Morgan fingerprint density at radius 1 is 1.50 bits per heavy atom. The van der Waals surface area contributed by atoms with E-state index in [1.165, 1.54) is 6.92 Å². The van der Waals surface area contributed by atoms with Crippen LogP contribution in [0.2, 0.25) is 0 Å². The topological polar surface area (TPSA) is 93.0 Å². The molecule has 0 spiro atoms. The number of nitrogens with zero attached hydrogens (tertiary/aromatic N) is 3. The van der Waals surface area contributed by atoms with Crippen LogP contribution < -0.4 is 10.6 Å². The fourth-order valence-electron chi connectivity index (χ4n) is 1.49. The lowest BCUT2D eigenvalue weighted by Gasteiger charge is -2.16. The number of hydrogen-bond acceptors (Lipinski definition) is 6. The summed E-state index contributed by atoms with van der Waals surface area (Å²) in [6.45, 7) is 3.52. The summed E-state index contributed by atoms with van der Waals surface area (Å²) in [7, 11) is 0. The van der Waals surface area contributed by atoms with Crippen LogP contribution in [0.15, 0.2) is 6.20 Å². The Hall–Kier alpha value is -2.13. The van der Waals surface area contributed by atoms with Gasteiger partial charge in [0.15, 0.2) is 0 Å². The van der Waals surface area contributed by atoms with E-state index in [9.17, 15) is 23.3 Å². The highest BCUT2D eigenvalue weighted by atomic mass is 19.4. The molecule has 0 aromatic carbocycles. The average Bonchev–Trinajstić information content (AvgIpc) is 2.26. The molecule has 0 saturated carbocycles. The van der Waals surface area contributed by atoms with E-state index in [0.29, 0.717) is 6.54 Å². The first kappa shape index (κ1) is 15.9. The van der Waals surface area contributed by atoms with Crippen molar-refractivity contribution in [1.29, 1.82) is 0 Å². The van der Waals surface area contributed by atoms with E-state index in [4.69, 9.17) is 0 Å². The summed E-state index contributed by atoms with van der Waals surface area (Å²) in [5, 5.41) is 15.9. The molecule has 0 aliphatic heterocycles. The molecular weight excluding hydrogens is 279 g/mol. The number of alkyl halides is 3. The minimum atomic E-state index is -4.36. The first-order valence-electron chi connectivity index (χ1n) is 5.81. The Morgan fingerprint density at radius 2 is 2.15 bits per heavy atom. The molecule has 1 heterocycles. The number of nitrogens with one attached hydrogen (secondary N) is 2. The molecule has 10 heteroatoms. The maximum atomic E-state index is 12.2. The number of hydrogen-bond donors (Lipinski definition) is 2. The number of halogens is 3. The van der Waals surface area contributed by atoms with Gasteiger partial charge in [0.05, 0.1) is 11.3 Å². The van der Waals surface area contributed by atoms with Crippen LogP contribution in [-0.4, -0.2) is 33.7 Å². The van der Waals surface area contributed by atoms with E-state index < -0.39 is 29.2 Å². The van der Waals surface area contributed by atoms with Crippen LogP contribution in [0.3, 0.4) is 0 Å². The molecular formula is C10H14F3N5O2. The highest BCUT2D eigenvalue weighted by Gasteiger charge is 2.31. The zero-order valence-corrected chi connectivity index (χ0v) is 10.9. The van der Waals surface area contributed by atoms with Crippen LogP contribution in [0.1, 0.15) is 20.3 Å². The van der Waals surface area contributed by atoms with Crippen LogP contribution in [0, 0.1) is 10.1 Å². The third kappa shape index (κ3) is 4.86. The van der Waals surface area contributed by atoms with Gasteiger partial charge in [-0.3, -0.25) is 10.1 Å². The third-order valence-electron chi connectivity index (χ3n) is 2.22. The van der Waals surface area contributed by atoms with Crippen molar-refractivity contribution in [3.63, 3.8) is 0 Å². The van der Waals surface area contributed by atoms with Crippen LogP contribution in [0.5, 0.6) is 0 Å². The summed E-state index contributed by atoms with van der Waals surface area (Å²) in [5.41, 5.74) is -0.472. The molecule has 0 saturated heterocycles. The monoisotopic (exact) mass is 293 g/mol. The van der Waals surface area contributed by atoms with Crippen molar-refractivity contribution in [1.82, 2.24) is 9.97 Å². The largest absolute Gasteiger partial charge is 0.391 e. The summed E-state index contributed by atoms with van der Waals surface area (Å²) in [4.78, 5) is 17.6. The zero-order valence-electron chi connectivity index (χ0n) is 10.9. The smallest absolute Gasteiger partial charge is 0.361 e. The summed E-state index contributed by atoms with van der Waals surface area (Å²) >= 11 is 0. The number of aromatic nitrogens is 2. The highest BCUT2D eigenvalue weighted by molar-refractivity contribution is 5.57. The van der Waals surface area contributed by atoms with Gasteiger partial charge in [0.25, 0.3) is 0 Å². The zero-order chi connectivity index (χ0) is 15.3. The first-order chi connectivity index (χ1) is 9.23. The van der Waals surface area contributed by atoms with Gasteiger partial charge in [-0.05, 0) is 13.8 Å². The summed E-state index contributed by atoms with van der Waals surface area (Å²) in [6, 6.07) is -1.04. The molecule has 1 unspecified atom stereocenters. The predicted molar refractivity (Wildman–Crippen MR) is 66.6 cm³/mol. The van der Waals surface area contributed by atoms with Gasteiger partial charge >= 0.3 is 11.9 Å². The minimum absolute atomic E-state index is 0.111. The molecule has 0 aliphatic rings. The van der Waals surface area contributed by atoms with Crippen LogP contribution in [0.4, 0.5) is 30.6 Å². The lowest BCUT2D eigenvalue weighted by Crippen LogP contribution is -2.25. The van der Waals surface area contributed by atoms with E-state index >= 15 is 0 Å². The molecule has 112 valence electrons. The van der Waals surface area contributed by atoms with Crippen molar-refractivity contribution in [2.45, 2.75) is 32.5 Å². The van der Waals surface area contributed by atoms with Crippen LogP contribution in [-0.2, 0) is 0 Å². The summed E-state index contributed by atoms with van der Waals surface area (Å²) in [5.74, 6) is -0.127. The van der Waals surface area contributed by atoms with Crippen molar-refractivity contribution < 1.29 is 18.1 Å². The summed E-state index contributed by atoms with van der Waals surface area (Å²) < 4.78 is 36.7. The molecule has 1 atom stereocenters. The van der Waals surface area contributed by atoms with Crippen molar-refractivity contribution in [2.75, 3.05) is 17.2 Å². The average molecular weight is 293 g/mol. The number of rotatable bonds is 6. The number of nitro groups is 1. The standard InChI is InChI=1S/C10H14F3N5O2/c1-3-14-9-15-5-7(18(19)20)8(17-9)16-6(2)4-10(11,12)13/h5-6H,3-4H2,1-2H3,(H2,14,15,16,17). The highest BCUT2D eigenvalue weighted by Crippen LogP contribution is 2.26. The van der Waals surface area contributed by atoms with Crippen LogP contribution >= 0.6 is 0 Å². The first-order valence-corrected chi connectivity index (χ1v) is 5.81. The Labute approximate surface area is 112 Å². The molecule has 7 nitrogen and oxygen atoms in total. The van der Waals surface area contributed by atoms with Gasteiger partial charge in [0.2, 0.25) is 11.8 Å². The van der Waals surface area contributed by atoms with Crippen molar-refractivity contribution in [2.24, 2.45) is 0 Å². The molecule has 0 amide bonds. The van der Waals surface area contributed by atoms with E-state index in [1.54, 1.807) is 6.92 Å². The molecule has 0 fully saturated rings. The van der Waals surface area contributed by atoms with Gasteiger partial charge in [0.1, 0.15) is 6.20 Å². The minimum Gasteiger partial charge on any atom is -0.361 e. The van der Waals surface area contributed by atoms with Crippen molar-refractivity contribution >= 4 is 17.5 Å². The molecule has 1 aromatic heterocycles. The lowest BCUT2D eigenvalue weighted by atomic mass is 10.2. The number of anilines is 2. The van der Waals surface area contributed by atoms with Crippen molar-refractivity contribution in [3.05, 3.63) is 16.3 Å². The van der Waals surface area contributed by atoms with Gasteiger partial charge in [-0.1, -0.05) is 0 Å². The fraction of sp³-hybridized carbons (Fsp3) is 0.600. The SMILES string of the molecule is CCNc1ncc([N+](=O)[O-])c(NC(C)CC(F)(F)F)n1. The van der Waals surface area contributed by atoms with E-state index in [1.807, 2.05) is 0 Å². The maximum Gasteiger partial charge on any atom is 0.391 e. The Kier molecular flexibility index (Phi) is 5.06. The Balaban J connectivity index is 2.95. The quantitative estimate of drug-likeness (QED) is 0.618.